The van der Waals surface area contributed by atoms with Gasteiger partial charge in [0.25, 0.3) is 4.36 Å². The molecule has 0 nitrogen and oxygen atoms in total. The van der Waals surface area contributed by atoms with Gasteiger partial charge < -0.3 is 0 Å². The summed E-state index contributed by atoms with van der Waals surface area (Å²) in [5, 5.41) is 0. The van der Waals surface area contributed by atoms with Crippen molar-refractivity contribution in [1.29, 1.82) is 0 Å². The molecule has 0 fully saturated rings. The molecule has 0 aromatic carbocycles. The molecule has 0 N–H and O–H groups in total. The van der Waals surface area contributed by atoms with E-state index in [1.807, 2.05) is 0 Å². The number of hydrogen-bond donors (Lipinski definition) is 0. The molecule has 0 aromatic rings. The van der Waals surface area contributed by atoms with E-state index in [0.29, 0.717) is 4.36 Å². The Morgan fingerprint density at radius 3 is 2.25 bits per heavy atom. The molecule has 0 atom stereocenters. The number of hydrogen-bond acceptors (Lipinski definition) is 0. The topological polar surface area (TPSA) is 0 Å². The van der Waals surface area contributed by atoms with Gasteiger partial charge in [-0.15, -0.1) is 31.5 Å². The molecular weight excluding hydrogens is 231 g/mol. The van der Waals surface area contributed by atoms with Crippen LogP contribution in [0.25, 0.3) is 0 Å². The van der Waals surface area contributed by atoms with E-state index >= 15 is 0 Å². The fourth-order valence-electron chi connectivity index (χ4n) is 0.549. The molecule has 0 amide bonds. The molecule has 0 rings (SSSR count). The van der Waals surface area contributed by atoms with Gasteiger partial charge in [-0.05, 0) is 0 Å². The quantitative estimate of drug-likeness (QED) is 0.523. The van der Waals surface area contributed by atoms with Crippen LogP contribution in [-0.4, -0.2) is 4.36 Å². The maximum Gasteiger partial charge on any atom is 0.298 e. The van der Waals surface area contributed by atoms with E-state index in [0.717, 1.165) is 0 Å². The third kappa shape index (κ3) is 7.02. The van der Waals surface area contributed by atoms with Crippen molar-refractivity contribution in [2.45, 2.75) is 32.5 Å². The molecule has 3 heteroatoms. The Balaban J connectivity index is 2.72. The minimum absolute atomic E-state index is 0.529. The number of unbranched alkanes of at least 4 members (excludes halogenated alkanes) is 2. The van der Waals surface area contributed by atoms with Crippen LogP contribution in [0, 0.1) is 0 Å². The molecule has 0 aliphatic carbocycles. The second-order valence-corrected chi connectivity index (χ2v) is 5.33. The van der Waals surface area contributed by atoms with E-state index in [9.17, 15) is 0 Å². The highest BCUT2D eigenvalue weighted by Crippen LogP contribution is 2.12. The molecule has 0 saturated carbocycles. The summed E-state index contributed by atoms with van der Waals surface area (Å²) in [5.74, 6) is 0. The van der Waals surface area contributed by atoms with Gasteiger partial charge in [-0.1, -0.05) is 32.5 Å². The lowest BCUT2D eigenvalue weighted by Gasteiger charge is -1.94. The second kappa shape index (κ2) is 6.15. The zero-order valence-corrected chi connectivity index (χ0v) is 8.33. The van der Waals surface area contributed by atoms with Crippen LogP contribution in [0.5, 0.6) is 0 Å². The Morgan fingerprint density at radius 2 is 1.88 bits per heavy atom. The molecule has 0 aliphatic rings. The summed E-state index contributed by atoms with van der Waals surface area (Å²) in [5.41, 5.74) is 0. The van der Waals surface area contributed by atoms with Gasteiger partial charge in [0, 0.05) is 0 Å². The van der Waals surface area contributed by atoms with Crippen molar-refractivity contribution < 1.29 is 0 Å². The van der Waals surface area contributed by atoms with Crippen LogP contribution in [0.3, 0.4) is 0 Å². The summed E-state index contributed by atoms with van der Waals surface area (Å²) in [4.78, 5) is 0. The van der Waals surface area contributed by atoms with Gasteiger partial charge in [-0.3, -0.25) is 0 Å². The van der Waals surface area contributed by atoms with Crippen molar-refractivity contribution >= 4 is 35.9 Å². The van der Waals surface area contributed by atoms with E-state index in [4.69, 9.17) is 0 Å². The summed E-state index contributed by atoms with van der Waals surface area (Å²) in [6.07, 6.45) is 5.24. The average molecular weight is 242 g/mol. The maximum atomic E-state index is 3.42. The van der Waals surface area contributed by atoms with Gasteiger partial charge in [0.15, 0.2) is 0 Å². The first kappa shape index (κ1) is 9.02. The van der Waals surface area contributed by atoms with Crippen molar-refractivity contribution in [3.05, 3.63) is 0 Å². The fraction of sp³-hybridized carbons (Fsp3) is 1.00. The highest BCUT2D eigenvalue weighted by molar-refractivity contribution is 9.49. The van der Waals surface area contributed by atoms with E-state index < -0.39 is 0 Å². The Bertz CT molecular complexity index is 47.7. The van der Waals surface area contributed by atoms with Gasteiger partial charge in [0.1, 0.15) is 0 Å². The van der Waals surface area contributed by atoms with E-state index in [2.05, 4.69) is 38.4 Å². The summed E-state index contributed by atoms with van der Waals surface area (Å²) >= 11 is 6.84. The van der Waals surface area contributed by atoms with Crippen molar-refractivity contribution in [2.75, 3.05) is 0 Å². The van der Waals surface area contributed by atoms with Crippen LogP contribution in [0.1, 0.15) is 26.2 Å². The standard InChI is InChI=1S/C5H11BBr2/c1-2-3-4-5-6(7)8/h2-5H2,1H3. The molecule has 0 saturated heterocycles. The molecular formula is C5H11BBr2. The SMILES string of the molecule is CCCCCB(Br)Br. The maximum absolute atomic E-state index is 3.42. The first-order chi connectivity index (χ1) is 3.77. The van der Waals surface area contributed by atoms with E-state index in [1.165, 1.54) is 25.6 Å². The van der Waals surface area contributed by atoms with E-state index in [1.54, 1.807) is 0 Å². The Labute approximate surface area is 68.4 Å². The molecule has 8 heavy (non-hydrogen) atoms. The van der Waals surface area contributed by atoms with Crippen molar-refractivity contribution in [3.63, 3.8) is 0 Å². The lowest BCUT2D eigenvalue weighted by Crippen LogP contribution is -1.88. The number of halogens is 2. The predicted molar refractivity (Wildman–Crippen MR) is 47.9 cm³/mol. The summed E-state index contributed by atoms with van der Waals surface area (Å²) in [6, 6.07) is 0. The average Bonchev–Trinajstić information content (AvgIpc) is 1.66. The monoisotopic (exact) mass is 240 g/mol. The lowest BCUT2D eigenvalue weighted by molar-refractivity contribution is 0.770. The first-order valence-corrected chi connectivity index (χ1v) is 4.88. The van der Waals surface area contributed by atoms with Crippen molar-refractivity contribution in [1.82, 2.24) is 0 Å². The van der Waals surface area contributed by atoms with Crippen LogP contribution < -0.4 is 0 Å². The van der Waals surface area contributed by atoms with Crippen LogP contribution in [0.2, 0.25) is 6.32 Å². The Morgan fingerprint density at radius 1 is 1.25 bits per heavy atom. The van der Waals surface area contributed by atoms with Gasteiger partial charge >= 0.3 is 0 Å². The second-order valence-electron chi connectivity index (χ2n) is 1.89. The van der Waals surface area contributed by atoms with Crippen molar-refractivity contribution in [3.8, 4) is 0 Å². The molecule has 0 spiro atoms. The normalized spacial score (nSPS) is 9.38. The van der Waals surface area contributed by atoms with Crippen LogP contribution in [0.4, 0.5) is 0 Å². The predicted octanol–water partition coefficient (Wildman–Crippen LogP) is 3.45. The molecule has 0 aromatic heterocycles. The zero-order valence-electron chi connectivity index (χ0n) is 5.16. The number of rotatable bonds is 4. The molecule has 0 radical (unpaired) electrons. The van der Waals surface area contributed by atoms with Gasteiger partial charge in [-0.25, -0.2) is 0 Å². The Kier molecular flexibility index (Phi) is 6.94. The zero-order chi connectivity index (χ0) is 6.41. The van der Waals surface area contributed by atoms with Crippen molar-refractivity contribution in [2.24, 2.45) is 0 Å². The lowest BCUT2D eigenvalue weighted by atomic mass is 9.99. The molecule has 0 heterocycles. The minimum Gasteiger partial charge on any atom is -0.139 e. The first-order valence-electron chi connectivity index (χ1n) is 3.05. The van der Waals surface area contributed by atoms with E-state index in [-0.39, 0.29) is 0 Å². The summed E-state index contributed by atoms with van der Waals surface area (Å²) < 4.78 is 0.529. The molecule has 0 aliphatic heterocycles. The molecule has 0 bridgehead atoms. The third-order valence-electron chi connectivity index (χ3n) is 1.03. The third-order valence-corrected chi connectivity index (χ3v) is 1.94. The largest absolute Gasteiger partial charge is 0.298 e. The smallest absolute Gasteiger partial charge is 0.139 e. The minimum atomic E-state index is 0.529. The van der Waals surface area contributed by atoms with Gasteiger partial charge in [0.2, 0.25) is 0 Å². The Hall–Kier alpha value is 1.02. The molecule has 48 valence electrons. The molecule has 0 unspecified atom stereocenters. The van der Waals surface area contributed by atoms with Gasteiger partial charge in [0.05, 0.1) is 0 Å². The van der Waals surface area contributed by atoms with Crippen LogP contribution in [-0.2, 0) is 0 Å². The van der Waals surface area contributed by atoms with Crippen LogP contribution >= 0.6 is 31.5 Å². The van der Waals surface area contributed by atoms with Gasteiger partial charge in [-0.2, -0.15) is 0 Å². The highest BCUT2D eigenvalue weighted by atomic mass is 79.9. The highest BCUT2D eigenvalue weighted by Gasteiger charge is 2.00. The fourth-order valence-corrected chi connectivity index (χ4v) is 1.20. The van der Waals surface area contributed by atoms with Crippen LogP contribution in [0.15, 0.2) is 0 Å². The summed E-state index contributed by atoms with van der Waals surface area (Å²) in [6.45, 7) is 2.22. The summed E-state index contributed by atoms with van der Waals surface area (Å²) in [7, 11) is 0.